The highest BCUT2D eigenvalue weighted by molar-refractivity contribution is 6.21. The van der Waals surface area contributed by atoms with Crippen LogP contribution < -0.4 is 0 Å². The number of cyclic esters (lactones) is 2. The maximum absolute atomic E-state index is 11.1. The monoisotopic (exact) mass is 188 g/mol. The summed E-state index contributed by atoms with van der Waals surface area (Å²) in [4.78, 5) is 22.1. The molecule has 0 aromatic heterocycles. The van der Waals surface area contributed by atoms with Crippen LogP contribution in [-0.2, 0) is 14.3 Å². The predicted octanol–water partition coefficient (Wildman–Crippen LogP) is 1.09. The van der Waals surface area contributed by atoms with Crippen LogP contribution >= 0.6 is 11.6 Å². The summed E-state index contributed by atoms with van der Waals surface area (Å²) in [5.41, 5.74) is 0. The van der Waals surface area contributed by atoms with E-state index in [2.05, 4.69) is 4.74 Å². The fourth-order valence-electron chi connectivity index (χ4n) is 1.91. The van der Waals surface area contributed by atoms with Gasteiger partial charge in [-0.3, -0.25) is 9.59 Å². The Hall–Kier alpha value is -0.570. The second-order valence-electron chi connectivity index (χ2n) is 3.36. The molecule has 2 fully saturated rings. The normalized spacial score (nSPS) is 40.9. The SMILES string of the molecule is O=C1OC(=O)C2CC(Cl)CCC12. The van der Waals surface area contributed by atoms with Crippen LogP contribution in [0.4, 0.5) is 0 Å². The minimum Gasteiger partial charge on any atom is -0.393 e. The summed E-state index contributed by atoms with van der Waals surface area (Å²) < 4.78 is 4.52. The van der Waals surface area contributed by atoms with Crippen molar-refractivity contribution < 1.29 is 14.3 Å². The Morgan fingerprint density at radius 1 is 1.17 bits per heavy atom. The van der Waals surface area contributed by atoms with Crippen LogP contribution in [0.1, 0.15) is 19.3 Å². The Morgan fingerprint density at radius 3 is 2.58 bits per heavy atom. The number of esters is 2. The third kappa shape index (κ3) is 1.12. The molecule has 4 heteroatoms. The van der Waals surface area contributed by atoms with Crippen molar-refractivity contribution >= 4 is 23.5 Å². The highest BCUT2D eigenvalue weighted by Crippen LogP contribution is 2.38. The maximum atomic E-state index is 11.1. The smallest absolute Gasteiger partial charge is 0.317 e. The van der Waals surface area contributed by atoms with E-state index >= 15 is 0 Å². The van der Waals surface area contributed by atoms with E-state index in [9.17, 15) is 9.59 Å². The molecule has 0 amide bonds. The number of ether oxygens (including phenoxy) is 1. The first-order valence-corrected chi connectivity index (χ1v) is 4.51. The first-order chi connectivity index (χ1) is 5.68. The number of fused-ring (bicyclic) bond motifs is 1. The number of rotatable bonds is 0. The molecule has 0 aromatic carbocycles. The molecule has 2 aliphatic rings. The Kier molecular flexibility index (Phi) is 1.83. The fourth-order valence-corrected chi connectivity index (χ4v) is 2.23. The number of carbonyl (C=O) groups excluding carboxylic acids is 2. The van der Waals surface area contributed by atoms with Crippen molar-refractivity contribution in [2.75, 3.05) is 0 Å². The largest absolute Gasteiger partial charge is 0.393 e. The van der Waals surface area contributed by atoms with Crippen molar-refractivity contribution in [2.24, 2.45) is 11.8 Å². The van der Waals surface area contributed by atoms with Crippen LogP contribution in [0, 0.1) is 11.8 Å². The zero-order valence-electron chi connectivity index (χ0n) is 6.46. The average molecular weight is 189 g/mol. The summed E-state index contributed by atoms with van der Waals surface area (Å²) in [5.74, 6) is -1.19. The Labute approximate surface area is 75.0 Å². The molecule has 3 atom stereocenters. The summed E-state index contributed by atoms with van der Waals surface area (Å²) in [7, 11) is 0. The lowest BCUT2D eigenvalue weighted by Gasteiger charge is -2.22. The topological polar surface area (TPSA) is 43.4 Å². The molecule has 0 spiro atoms. The van der Waals surface area contributed by atoms with E-state index in [-0.39, 0.29) is 29.2 Å². The Balaban J connectivity index is 2.17. The molecule has 0 aromatic rings. The zero-order valence-corrected chi connectivity index (χ0v) is 7.21. The molecular weight excluding hydrogens is 180 g/mol. The first-order valence-electron chi connectivity index (χ1n) is 4.08. The molecular formula is C8H9ClO3. The van der Waals surface area contributed by atoms with Gasteiger partial charge in [0.1, 0.15) is 0 Å². The van der Waals surface area contributed by atoms with Gasteiger partial charge in [-0.1, -0.05) is 0 Å². The molecule has 0 N–H and O–H groups in total. The number of alkyl halides is 1. The highest BCUT2D eigenvalue weighted by Gasteiger charge is 2.47. The van der Waals surface area contributed by atoms with Crippen molar-refractivity contribution in [3.8, 4) is 0 Å². The Morgan fingerprint density at radius 2 is 1.83 bits per heavy atom. The maximum Gasteiger partial charge on any atom is 0.317 e. The quantitative estimate of drug-likeness (QED) is 0.325. The molecule has 12 heavy (non-hydrogen) atoms. The van der Waals surface area contributed by atoms with Crippen molar-refractivity contribution in [1.29, 1.82) is 0 Å². The van der Waals surface area contributed by atoms with Gasteiger partial charge in [0.05, 0.1) is 11.8 Å². The third-order valence-corrected chi connectivity index (χ3v) is 2.99. The molecule has 2 rings (SSSR count). The number of hydrogen-bond donors (Lipinski definition) is 0. The predicted molar refractivity (Wildman–Crippen MR) is 41.6 cm³/mol. The van der Waals surface area contributed by atoms with E-state index in [1.54, 1.807) is 0 Å². The molecule has 0 radical (unpaired) electrons. The van der Waals surface area contributed by atoms with E-state index in [1.165, 1.54) is 0 Å². The average Bonchev–Trinajstić information content (AvgIpc) is 2.28. The first kappa shape index (κ1) is 8.05. The van der Waals surface area contributed by atoms with Gasteiger partial charge in [0.25, 0.3) is 0 Å². The standard InChI is InChI=1S/C8H9ClO3/c9-4-1-2-5-6(3-4)8(11)12-7(5)10/h4-6H,1-3H2. The summed E-state index contributed by atoms with van der Waals surface area (Å²) in [6, 6.07) is 0. The lowest BCUT2D eigenvalue weighted by atomic mass is 9.81. The van der Waals surface area contributed by atoms with Gasteiger partial charge in [-0.2, -0.15) is 0 Å². The van der Waals surface area contributed by atoms with Crippen LogP contribution in [-0.4, -0.2) is 17.3 Å². The molecule has 1 saturated carbocycles. The van der Waals surface area contributed by atoms with Gasteiger partial charge in [-0.25, -0.2) is 0 Å². The van der Waals surface area contributed by atoms with Gasteiger partial charge in [0, 0.05) is 5.38 Å². The van der Waals surface area contributed by atoms with Crippen LogP contribution in [0.25, 0.3) is 0 Å². The van der Waals surface area contributed by atoms with Crippen molar-refractivity contribution in [1.82, 2.24) is 0 Å². The molecule has 1 saturated heterocycles. The Bertz CT molecular complexity index is 238. The van der Waals surface area contributed by atoms with Crippen LogP contribution in [0.15, 0.2) is 0 Å². The second-order valence-corrected chi connectivity index (χ2v) is 3.98. The zero-order chi connectivity index (χ0) is 8.72. The van der Waals surface area contributed by atoms with Gasteiger partial charge >= 0.3 is 11.9 Å². The van der Waals surface area contributed by atoms with E-state index in [4.69, 9.17) is 11.6 Å². The summed E-state index contributed by atoms with van der Waals surface area (Å²) in [6.07, 6.45) is 2.10. The van der Waals surface area contributed by atoms with E-state index < -0.39 is 0 Å². The second kappa shape index (κ2) is 2.73. The van der Waals surface area contributed by atoms with E-state index in [0.29, 0.717) is 12.8 Å². The third-order valence-electron chi connectivity index (χ3n) is 2.59. The van der Waals surface area contributed by atoms with Crippen molar-refractivity contribution in [2.45, 2.75) is 24.6 Å². The van der Waals surface area contributed by atoms with Crippen LogP contribution in [0.3, 0.4) is 0 Å². The van der Waals surface area contributed by atoms with Gasteiger partial charge in [-0.15, -0.1) is 11.6 Å². The summed E-state index contributed by atoms with van der Waals surface area (Å²) in [6.45, 7) is 0. The summed E-state index contributed by atoms with van der Waals surface area (Å²) >= 11 is 5.88. The van der Waals surface area contributed by atoms with Crippen LogP contribution in [0.5, 0.6) is 0 Å². The molecule has 1 aliphatic heterocycles. The molecule has 1 heterocycles. The fraction of sp³-hybridized carbons (Fsp3) is 0.750. The molecule has 3 nitrogen and oxygen atoms in total. The molecule has 3 unspecified atom stereocenters. The van der Waals surface area contributed by atoms with Gasteiger partial charge in [0.15, 0.2) is 0 Å². The summed E-state index contributed by atoms with van der Waals surface area (Å²) in [5, 5.41) is 0.0321. The lowest BCUT2D eigenvalue weighted by molar-refractivity contribution is -0.153. The minimum atomic E-state index is -0.379. The number of halogens is 1. The number of carbonyl (C=O) groups is 2. The van der Waals surface area contributed by atoms with Gasteiger partial charge in [0.2, 0.25) is 0 Å². The molecule has 1 aliphatic carbocycles. The number of hydrogen-bond acceptors (Lipinski definition) is 3. The molecule has 0 bridgehead atoms. The molecule has 66 valence electrons. The highest BCUT2D eigenvalue weighted by atomic mass is 35.5. The lowest BCUT2D eigenvalue weighted by Crippen LogP contribution is -2.27. The van der Waals surface area contributed by atoms with E-state index in [0.717, 1.165) is 6.42 Å². The minimum absolute atomic E-state index is 0.0321. The van der Waals surface area contributed by atoms with E-state index in [1.807, 2.05) is 0 Å². The van der Waals surface area contributed by atoms with Crippen molar-refractivity contribution in [3.05, 3.63) is 0 Å². The van der Waals surface area contributed by atoms with Gasteiger partial charge in [-0.05, 0) is 19.3 Å². The van der Waals surface area contributed by atoms with Crippen molar-refractivity contribution in [3.63, 3.8) is 0 Å². The van der Waals surface area contributed by atoms with Crippen LogP contribution in [0.2, 0.25) is 0 Å². The van der Waals surface area contributed by atoms with Gasteiger partial charge < -0.3 is 4.74 Å².